The quantitative estimate of drug-likeness (QED) is 0.466. The second kappa shape index (κ2) is 2.41. The van der Waals surface area contributed by atoms with Crippen LogP contribution in [0.25, 0.3) is 21.7 Å². The van der Waals surface area contributed by atoms with E-state index in [1.807, 2.05) is 24.3 Å². The number of rotatable bonds is 0. The van der Waals surface area contributed by atoms with Crippen molar-refractivity contribution >= 4 is 33.2 Å². The predicted molar refractivity (Wildman–Crippen MR) is 63.2 cm³/mol. The molecule has 4 rings (SSSR count). The molecule has 0 saturated carbocycles. The molecule has 0 radical (unpaired) electrons. The number of hydrogen-bond donors (Lipinski definition) is 2. The Morgan fingerprint density at radius 1 is 1.19 bits per heavy atom. The maximum atomic E-state index is 11.9. The Morgan fingerprint density at radius 2 is 2.06 bits per heavy atom. The second-order valence-electron chi connectivity index (χ2n) is 3.92. The first-order valence-electron chi connectivity index (χ1n) is 5.06. The molecule has 2 aromatic carbocycles. The summed E-state index contributed by atoms with van der Waals surface area (Å²) in [5.41, 5.74) is 1.56. The van der Waals surface area contributed by atoms with Crippen LogP contribution in [-0.2, 0) is 0 Å². The van der Waals surface area contributed by atoms with Gasteiger partial charge in [-0.1, -0.05) is 24.3 Å². The van der Waals surface area contributed by atoms with Crippen LogP contribution in [0.15, 0.2) is 35.1 Å². The van der Waals surface area contributed by atoms with E-state index in [9.17, 15) is 4.79 Å². The first kappa shape index (κ1) is 7.87. The first-order chi connectivity index (χ1) is 7.84. The summed E-state index contributed by atoms with van der Waals surface area (Å²) in [4.78, 5) is 11.9. The topological polar surface area (TPSA) is 57.8 Å². The molecule has 0 amide bonds. The van der Waals surface area contributed by atoms with E-state index in [-0.39, 0.29) is 5.43 Å². The highest BCUT2D eigenvalue weighted by molar-refractivity contribution is 6.18. The van der Waals surface area contributed by atoms with Crippen LogP contribution < -0.4 is 10.7 Å². The SMILES string of the molecule is O=c1cc2ccccc2c2c3c(n[nH]c13)N2. The highest BCUT2D eigenvalue weighted by atomic mass is 16.1. The molecule has 0 fully saturated rings. The lowest BCUT2D eigenvalue weighted by Gasteiger charge is -2.14. The summed E-state index contributed by atoms with van der Waals surface area (Å²) in [5.74, 6) is 0.767. The largest absolute Gasteiger partial charge is 0.337 e. The fourth-order valence-electron chi connectivity index (χ4n) is 2.24. The lowest BCUT2D eigenvalue weighted by Crippen LogP contribution is -2.01. The standard InChI is InChI=1S/C12H7N3O/c16-8-5-6-3-1-2-4-7(6)10-9-11(8)14-15-12(9)13-10/h1-5H,(H2,13,14,15). The number of benzene rings is 1. The zero-order chi connectivity index (χ0) is 10.7. The maximum absolute atomic E-state index is 11.9. The minimum absolute atomic E-state index is 0.0160. The summed E-state index contributed by atoms with van der Waals surface area (Å²) >= 11 is 0. The van der Waals surface area contributed by atoms with Crippen LogP contribution in [0, 0.1) is 0 Å². The molecule has 0 unspecified atom stereocenters. The summed E-state index contributed by atoms with van der Waals surface area (Å²) < 4.78 is 0. The number of aromatic nitrogens is 2. The number of anilines is 2. The Balaban J connectivity index is 2.44. The molecule has 0 saturated heterocycles. The van der Waals surface area contributed by atoms with Gasteiger partial charge in [-0.05, 0) is 11.5 Å². The molecular weight excluding hydrogens is 202 g/mol. The molecular formula is C12H7N3O. The predicted octanol–water partition coefficient (Wildman–Crippen LogP) is 2.13. The molecule has 16 heavy (non-hydrogen) atoms. The van der Waals surface area contributed by atoms with Gasteiger partial charge in [-0.25, -0.2) is 0 Å². The number of nitrogens with one attached hydrogen (secondary N) is 2. The van der Waals surface area contributed by atoms with Crippen molar-refractivity contribution in [1.29, 1.82) is 0 Å². The molecule has 4 heteroatoms. The van der Waals surface area contributed by atoms with Crippen molar-refractivity contribution in [2.45, 2.75) is 0 Å². The van der Waals surface area contributed by atoms with E-state index in [4.69, 9.17) is 0 Å². The van der Waals surface area contributed by atoms with Crippen LogP contribution in [0.2, 0.25) is 0 Å². The van der Waals surface area contributed by atoms with E-state index >= 15 is 0 Å². The van der Waals surface area contributed by atoms with Crippen LogP contribution in [0.1, 0.15) is 0 Å². The minimum Gasteiger partial charge on any atom is -0.337 e. The zero-order valence-electron chi connectivity index (χ0n) is 8.24. The number of aromatic amines is 1. The molecule has 2 N–H and O–H groups in total. The van der Waals surface area contributed by atoms with E-state index in [0.717, 1.165) is 27.7 Å². The van der Waals surface area contributed by atoms with E-state index < -0.39 is 0 Å². The van der Waals surface area contributed by atoms with Gasteiger partial charge in [0.2, 0.25) is 5.43 Å². The van der Waals surface area contributed by atoms with Crippen molar-refractivity contribution in [1.82, 2.24) is 10.2 Å². The van der Waals surface area contributed by atoms with Crippen molar-refractivity contribution in [3.8, 4) is 0 Å². The van der Waals surface area contributed by atoms with Crippen molar-refractivity contribution in [2.24, 2.45) is 0 Å². The van der Waals surface area contributed by atoms with E-state index in [1.54, 1.807) is 6.07 Å². The number of hydrogen-bond acceptors (Lipinski definition) is 3. The fourth-order valence-corrected chi connectivity index (χ4v) is 2.24. The Labute approximate surface area is 89.9 Å². The van der Waals surface area contributed by atoms with Crippen molar-refractivity contribution < 1.29 is 0 Å². The summed E-state index contributed by atoms with van der Waals surface area (Å²) in [6.07, 6.45) is 0. The van der Waals surface area contributed by atoms with E-state index in [2.05, 4.69) is 15.5 Å². The third kappa shape index (κ3) is 0.760. The van der Waals surface area contributed by atoms with Gasteiger partial charge in [0.15, 0.2) is 5.82 Å². The molecule has 0 bridgehead atoms. The molecule has 3 aromatic rings. The zero-order valence-corrected chi connectivity index (χ0v) is 8.24. The van der Waals surface area contributed by atoms with Gasteiger partial charge in [0, 0.05) is 5.39 Å². The Hall–Kier alpha value is -2.36. The Morgan fingerprint density at radius 3 is 3.00 bits per heavy atom. The van der Waals surface area contributed by atoms with Gasteiger partial charge in [0.05, 0.1) is 11.1 Å². The molecule has 0 aliphatic carbocycles. The van der Waals surface area contributed by atoms with Crippen LogP contribution >= 0.6 is 0 Å². The number of H-pyrrole nitrogens is 1. The lowest BCUT2D eigenvalue weighted by molar-refractivity contribution is 1.12. The molecule has 0 atom stereocenters. The van der Waals surface area contributed by atoms with Gasteiger partial charge in [-0.3, -0.25) is 9.89 Å². The van der Waals surface area contributed by atoms with Crippen molar-refractivity contribution in [2.75, 3.05) is 5.32 Å². The molecule has 2 heterocycles. The summed E-state index contributed by atoms with van der Waals surface area (Å²) in [5, 5.41) is 12.9. The van der Waals surface area contributed by atoms with E-state index in [0.29, 0.717) is 5.52 Å². The van der Waals surface area contributed by atoms with Crippen molar-refractivity contribution in [3.05, 3.63) is 40.6 Å². The third-order valence-electron chi connectivity index (χ3n) is 3.02. The maximum Gasteiger partial charge on any atom is 0.204 e. The monoisotopic (exact) mass is 209 g/mol. The average Bonchev–Trinajstić information content (AvgIpc) is 2.55. The van der Waals surface area contributed by atoms with Gasteiger partial charge < -0.3 is 5.32 Å². The smallest absolute Gasteiger partial charge is 0.204 e. The number of fused-ring (bicyclic) bond motifs is 2. The normalized spacial score (nSPS) is 12.5. The van der Waals surface area contributed by atoms with Gasteiger partial charge in [0.1, 0.15) is 5.52 Å². The highest BCUT2D eigenvalue weighted by Gasteiger charge is 2.22. The van der Waals surface area contributed by atoms with Crippen LogP contribution in [0.5, 0.6) is 0 Å². The molecule has 76 valence electrons. The molecule has 0 spiro atoms. The molecule has 4 nitrogen and oxygen atoms in total. The minimum atomic E-state index is -0.0160. The average molecular weight is 209 g/mol. The Kier molecular flexibility index (Phi) is 1.19. The third-order valence-corrected chi connectivity index (χ3v) is 3.02. The summed E-state index contributed by atoms with van der Waals surface area (Å²) in [6.45, 7) is 0. The Bertz CT molecular complexity index is 804. The van der Waals surface area contributed by atoms with Crippen LogP contribution in [-0.4, -0.2) is 10.2 Å². The summed E-state index contributed by atoms with van der Waals surface area (Å²) in [7, 11) is 0. The second-order valence-corrected chi connectivity index (χ2v) is 3.92. The fraction of sp³-hybridized carbons (Fsp3) is 0. The van der Waals surface area contributed by atoms with Crippen LogP contribution in [0.4, 0.5) is 11.5 Å². The van der Waals surface area contributed by atoms with Crippen LogP contribution in [0.3, 0.4) is 0 Å². The van der Waals surface area contributed by atoms with E-state index in [1.165, 1.54) is 0 Å². The number of nitrogens with zero attached hydrogens (tertiary/aromatic N) is 1. The van der Waals surface area contributed by atoms with Gasteiger partial charge in [-0.2, -0.15) is 5.10 Å². The summed E-state index contributed by atoms with van der Waals surface area (Å²) in [6, 6.07) is 9.50. The van der Waals surface area contributed by atoms with Gasteiger partial charge >= 0.3 is 0 Å². The molecule has 1 aliphatic heterocycles. The highest BCUT2D eigenvalue weighted by Crippen LogP contribution is 2.41. The lowest BCUT2D eigenvalue weighted by atomic mass is 10.1. The van der Waals surface area contributed by atoms with Gasteiger partial charge in [0.25, 0.3) is 0 Å². The molecule has 1 aliphatic rings. The van der Waals surface area contributed by atoms with Crippen molar-refractivity contribution in [3.63, 3.8) is 0 Å². The van der Waals surface area contributed by atoms with Gasteiger partial charge in [-0.15, -0.1) is 0 Å². The molecule has 1 aromatic heterocycles. The first-order valence-corrected chi connectivity index (χ1v) is 5.06.